The number of hydrogen-bond donors (Lipinski definition) is 1. The third kappa shape index (κ3) is 4.96. The van der Waals surface area contributed by atoms with Gasteiger partial charge in [0.05, 0.1) is 12.1 Å². The minimum atomic E-state index is -4.49. The van der Waals surface area contributed by atoms with E-state index in [2.05, 4.69) is 10.3 Å². The minimum Gasteiger partial charge on any atom is -0.346 e. The van der Waals surface area contributed by atoms with Crippen LogP contribution < -0.4 is 5.32 Å². The molecule has 2 aromatic carbocycles. The van der Waals surface area contributed by atoms with Crippen LogP contribution in [-0.2, 0) is 15.8 Å². The van der Waals surface area contributed by atoms with Crippen molar-refractivity contribution in [3.8, 4) is 0 Å². The van der Waals surface area contributed by atoms with Gasteiger partial charge in [-0.2, -0.15) is 8.78 Å². The molecule has 1 fully saturated rings. The first-order chi connectivity index (χ1) is 16.4. The van der Waals surface area contributed by atoms with Crippen LogP contribution in [0.5, 0.6) is 0 Å². The molecule has 4 rings (SSSR count). The van der Waals surface area contributed by atoms with E-state index in [1.165, 1.54) is 25.1 Å². The number of nitrogens with one attached hydrogen (secondary N) is 1. The van der Waals surface area contributed by atoms with E-state index < -0.39 is 43.8 Å². The van der Waals surface area contributed by atoms with Gasteiger partial charge in [0.15, 0.2) is 0 Å². The molecule has 1 aliphatic rings. The lowest BCUT2D eigenvalue weighted by Crippen LogP contribution is -2.36. The number of aromatic nitrogens is 1. The fraction of sp³-hybridized carbons (Fsp3) is 0.308. The Morgan fingerprint density at radius 2 is 1.80 bits per heavy atom. The number of nitrogens with zero attached hydrogens (tertiary/aromatic N) is 1. The maximum absolute atomic E-state index is 15.1. The van der Waals surface area contributed by atoms with Crippen molar-refractivity contribution >= 4 is 15.7 Å². The summed E-state index contributed by atoms with van der Waals surface area (Å²) in [5.74, 6) is -5.30. The summed E-state index contributed by atoms with van der Waals surface area (Å²) in [5, 5.41) is 2.15. The standard InChI is InChI=1S/C26H25F3N2O3S/c1-15-7-10-21(16(2)11-15)26(28,29)14-31-25(32)20-12-17(3)30-13-23(20)35(33,34)22-6-4-5-19(24(22)27)18-8-9-18/h4-7,10-13,18H,8-9,14H2,1-3H3,(H,31,32). The molecule has 0 atom stereocenters. The topological polar surface area (TPSA) is 76.1 Å². The number of aryl methyl sites for hydroxylation is 3. The maximum Gasteiger partial charge on any atom is 0.290 e. The van der Waals surface area contributed by atoms with Gasteiger partial charge in [-0.15, -0.1) is 0 Å². The molecule has 9 heteroatoms. The maximum atomic E-state index is 15.1. The highest BCUT2D eigenvalue weighted by Crippen LogP contribution is 2.43. The molecule has 0 aliphatic heterocycles. The van der Waals surface area contributed by atoms with E-state index >= 15 is 4.39 Å². The number of sulfone groups is 1. The zero-order valence-corrected chi connectivity index (χ0v) is 20.3. The van der Waals surface area contributed by atoms with Crippen LogP contribution in [0.4, 0.5) is 13.2 Å². The molecule has 0 spiro atoms. The second-order valence-electron chi connectivity index (χ2n) is 8.96. The van der Waals surface area contributed by atoms with Crippen molar-refractivity contribution < 1.29 is 26.4 Å². The number of pyridine rings is 1. The molecule has 35 heavy (non-hydrogen) atoms. The zero-order chi connectivity index (χ0) is 25.5. The molecule has 1 amide bonds. The molecule has 5 nitrogen and oxygen atoms in total. The van der Waals surface area contributed by atoms with E-state index in [9.17, 15) is 22.0 Å². The molecule has 1 saturated carbocycles. The van der Waals surface area contributed by atoms with Crippen LogP contribution in [0.2, 0.25) is 0 Å². The number of hydrogen-bond acceptors (Lipinski definition) is 4. The van der Waals surface area contributed by atoms with Crippen molar-refractivity contribution in [3.05, 3.63) is 88.0 Å². The van der Waals surface area contributed by atoms with E-state index in [0.717, 1.165) is 30.7 Å². The molecule has 0 saturated heterocycles. The van der Waals surface area contributed by atoms with Crippen molar-refractivity contribution in [2.24, 2.45) is 0 Å². The fourth-order valence-corrected chi connectivity index (χ4v) is 5.59. The van der Waals surface area contributed by atoms with Gasteiger partial charge in [-0.25, -0.2) is 12.8 Å². The highest BCUT2D eigenvalue weighted by Gasteiger charge is 2.36. The predicted octanol–water partition coefficient (Wildman–Crippen LogP) is 5.38. The summed E-state index contributed by atoms with van der Waals surface area (Å²) in [6.07, 6.45) is 2.51. The van der Waals surface area contributed by atoms with Gasteiger partial charge in [0, 0.05) is 17.5 Å². The van der Waals surface area contributed by atoms with Crippen LogP contribution in [-0.4, -0.2) is 25.9 Å². The fourth-order valence-electron chi connectivity index (χ4n) is 4.11. The van der Waals surface area contributed by atoms with Crippen molar-refractivity contribution in [3.63, 3.8) is 0 Å². The van der Waals surface area contributed by atoms with Gasteiger partial charge in [-0.05, 0) is 62.8 Å². The largest absolute Gasteiger partial charge is 0.346 e. The number of amides is 1. The molecule has 0 bridgehead atoms. The number of alkyl halides is 2. The number of benzene rings is 2. The highest BCUT2D eigenvalue weighted by molar-refractivity contribution is 7.91. The van der Waals surface area contributed by atoms with E-state index in [4.69, 9.17) is 0 Å². The van der Waals surface area contributed by atoms with Gasteiger partial charge in [-0.1, -0.05) is 35.9 Å². The Hall–Kier alpha value is -3.20. The monoisotopic (exact) mass is 502 g/mol. The van der Waals surface area contributed by atoms with Crippen LogP contribution in [0.15, 0.2) is 58.5 Å². The third-order valence-electron chi connectivity index (χ3n) is 6.09. The first kappa shape index (κ1) is 24.9. The van der Waals surface area contributed by atoms with Gasteiger partial charge in [0.2, 0.25) is 9.84 Å². The molecule has 1 heterocycles. The Bertz CT molecular complexity index is 1420. The van der Waals surface area contributed by atoms with Crippen LogP contribution in [0.25, 0.3) is 0 Å². The van der Waals surface area contributed by atoms with Crippen molar-refractivity contribution in [2.45, 2.75) is 55.2 Å². The zero-order valence-electron chi connectivity index (χ0n) is 19.5. The minimum absolute atomic E-state index is 0.0310. The van der Waals surface area contributed by atoms with E-state index in [-0.39, 0.29) is 17.0 Å². The summed E-state index contributed by atoms with van der Waals surface area (Å²) in [6, 6.07) is 9.80. The Balaban J connectivity index is 1.66. The van der Waals surface area contributed by atoms with Crippen molar-refractivity contribution in [1.82, 2.24) is 10.3 Å². The summed E-state index contributed by atoms with van der Waals surface area (Å²) in [5.41, 5.74) is 1.21. The van der Waals surface area contributed by atoms with Crippen LogP contribution in [0.3, 0.4) is 0 Å². The van der Waals surface area contributed by atoms with Crippen molar-refractivity contribution in [2.75, 3.05) is 6.54 Å². The second-order valence-corrected chi connectivity index (χ2v) is 10.9. The lowest BCUT2D eigenvalue weighted by molar-refractivity contribution is -0.00310. The first-order valence-electron chi connectivity index (χ1n) is 11.2. The third-order valence-corrected chi connectivity index (χ3v) is 7.88. The number of rotatable bonds is 7. The smallest absolute Gasteiger partial charge is 0.290 e. The van der Waals surface area contributed by atoms with E-state index in [0.29, 0.717) is 16.8 Å². The van der Waals surface area contributed by atoms with Gasteiger partial charge in [0.25, 0.3) is 11.8 Å². The summed E-state index contributed by atoms with van der Waals surface area (Å²) in [6.45, 7) is 3.83. The summed E-state index contributed by atoms with van der Waals surface area (Å²) in [7, 11) is -4.49. The number of carbonyl (C=O) groups is 1. The van der Waals surface area contributed by atoms with Gasteiger partial charge < -0.3 is 5.32 Å². The average Bonchev–Trinajstić information content (AvgIpc) is 3.62. The quantitative estimate of drug-likeness (QED) is 0.471. The van der Waals surface area contributed by atoms with E-state index in [1.807, 2.05) is 0 Å². The van der Waals surface area contributed by atoms with Crippen LogP contribution in [0.1, 0.15) is 57.1 Å². The lowest BCUT2D eigenvalue weighted by Gasteiger charge is -2.20. The highest BCUT2D eigenvalue weighted by atomic mass is 32.2. The Kier molecular flexibility index (Phi) is 6.48. The lowest BCUT2D eigenvalue weighted by atomic mass is 10.00. The molecule has 1 N–H and O–H groups in total. The first-order valence-corrected chi connectivity index (χ1v) is 12.6. The molecule has 0 unspecified atom stereocenters. The van der Waals surface area contributed by atoms with Gasteiger partial charge >= 0.3 is 0 Å². The summed E-state index contributed by atoms with van der Waals surface area (Å²) < 4.78 is 71.6. The molecule has 1 aliphatic carbocycles. The van der Waals surface area contributed by atoms with Crippen molar-refractivity contribution in [1.29, 1.82) is 0 Å². The van der Waals surface area contributed by atoms with Crippen LogP contribution in [0, 0.1) is 26.6 Å². The second kappa shape index (κ2) is 9.11. The normalized spacial score (nSPS) is 14.1. The Morgan fingerprint density at radius 3 is 2.46 bits per heavy atom. The molecule has 1 aromatic heterocycles. The van der Waals surface area contributed by atoms with E-state index in [1.54, 1.807) is 32.0 Å². The molecule has 184 valence electrons. The Morgan fingerprint density at radius 1 is 1.09 bits per heavy atom. The summed E-state index contributed by atoms with van der Waals surface area (Å²) in [4.78, 5) is 15.8. The predicted molar refractivity (Wildman–Crippen MR) is 125 cm³/mol. The molecule has 0 radical (unpaired) electrons. The van der Waals surface area contributed by atoms with Gasteiger partial charge in [-0.3, -0.25) is 9.78 Å². The SMILES string of the molecule is Cc1ccc(C(F)(F)CNC(=O)c2cc(C)ncc2S(=O)(=O)c2cccc(C3CC3)c2F)c(C)c1. The molecular formula is C26H25F3N2O3S. The Labute approximate surface area is 202 Å². The number of halogens is 3. The molecule has 3 aromatic rings. The molecular weight excluding hydrogens is 477 g/mol. The average molecular weight is 503 g/mol. The van der Waals surface area contributed by atoms with Crippen LogP contribution >= 0.6 is 0 Å². The number of carbonyl (C=O) groups excluding carboxylic acids is 1. The van der Waals surface area contributed by atoms with Gasteiger partial charge in [0.1, 0.15) is 15.6 Å². The summed E-state index contributed by atoms with van der Waals surface area (Å²) >= 11 is 0.